The van der Waals surface area contributed by atoms with E-state index in [-0.39, 0.29) is 10.9 Å². The second-order valence-corrected chi connectivity index (χ2v) is 6.14. The number of amides is 1. The van der Waals surface area contributed by atoms with Crippen molar-refractivity contribution in [3.63, 3.8) is 0 Å². The Balaban J connectivity index is 2.21. The van der Waals surface area contributed by atoms with E-state index in [1.165, 1.54) is 0 Å². The Labute approximate surface area is 124 Å². The Hall–Kier alpha value is -0.650. The van der Waals surface area contributed by atoms with E-state index in [1.54, 1.807) is 12.1 Å². The van der Waals surface area contributed by atoms with Gasteiger partial charge in [0.1, 0.15) is 0 Å². The highest BCUT2D eigenvalue weighted by Crippen LogP contribution is 2.42. The van der Waals surface area contributed by atoms with E-state index in [0.29, 0.717) is 23.6 Å². The average molecular weight is 348 g/mol. The van der Waals surface area contributed by atoms with Gasteiger partial charge < -0.3 is 11.1 Å². The van der Waals surface area contributed by atoms with Crippen molar-refractivity contribution in [2.24, 2.45) is 11.1 Å². The molecule has 96 valence electrons. The first-order valence-corrected chi connectivity index (χ1v) is 7.10. The first-order chi connectivity index (χ1) is 8.45. The van der Waals surface area contributed by atoms with Gasteiger partial charge in [-0.2, -0.15) is 0 Å². The molecule has 1 aliphatic carbocycles. The number of hydrogen-bond acceptors (Lipinski definition) is 2. The van der Waals surface area contributed by atoms with Crippen molar-refractivity contribution in [3.8, 4) is 0 Å². The number of thiocarbonyl (C=S) groups is 1. The molecule has 3 N–H and O–H groups in total. The van der Waals surface area contributed by atoms with Crippen LogP contribution in [0.15, 0.2) is 22.7 Å². The van der Waals surface area contributed by atoms with Gasteiger partial charge >= 0.3 is 0 Å². The summed E-state index contributed by atoms with van der Waals surface area (Å²) in [7, 11) is 0. The molecule has 18 heavy (non-hydrogen) atoms. The van der Waals surface area contributed by atoms with Crippen LogP contribution in [-0.4, -0.2) is 10.9 Å². The summed E-state index contributed by atoms with van der Waals surface area (Å²) in [5.41, 5.74) is 5.56. The smallest absolute Gasteiger partial charge is 0.237 e. The van der Waals surface area contributed by atoms with Crippen LogP contribution in [0.25, 0.3) is 0 Å². The van der Waals surface area contributed by atoms with Gasteiger partial charge in [-0.25, -0.2) is 0 Å². The van der Waals surface area contributed by atoms with E-state index in [1.807, 2.05) is 6.07 Å². The average Bonchev–Trinajstić information content (AvgIpc) is 2.21. The lowest BCUT2D eigenvalue weighted by atomic mass is 9.68. The van der Waals surface area contributed by atoms with Gasteiger partial charge in [-0.15, -0.1) is 0 Å². The van der Waals surface area contributed by atoms with Gasteiger partial charge in [-0.3, -0.25) is 4.79 Å². The molecule has 1 saturated carbocycles. The summed E-state index contributed by atoms with van der Waals surface area (Å²) < 4.78 is 0.847. The lowest BCUT2D eigenvalue weighted by Gasteiger charge is -2.39. The van der Waals surface area contributed by atoms with E-state index in [2.05, 4.69) is 21.2 Å². The third-order valence-corrected chi connectivity index (χ3v) is 4.50. The predicted molar refractivity (Wildman–Crippen MR) is 80.9 cm³/mol. The molecule has 6 heteroatoms. The maximum Gasteiger partial charge on any atom is 0.237 e. The standard InChI is InChI=1S/C12H12BrClN2OS/c13-7-2-3-8(14)9(6-7)16-11(17)12(10(15)18)4-1-5-12/h2-3,6H,1,4-5H2,(H2,15,18)(H,16,17). The summed E-state index contributed by atoms with van der Waals surface area (Å²) >= 11 is 14.4. The third kappa shape index (κ3) is 2.39. The van der Waals surface area contributed by atoms with Crippen LogP contribution in [0.2, 0.25) is 5.02 Å². The minimum Gasteiger partial charge on any atom is -0.392 e. The number of carbonyl (C=O) groups excluding carboxylic acids is 1. The van der Waals surface area contributed by atoms with Gasteiger partial charge in [0.25, 0.3) is 0 Å². The third-order valence-electron chi connectivity index (χ3n) is 3.29. The van der Waals surface area contributed by atoms with E-state index in [9.17, 15) is 4.79 Å². The lowest BCUT2D eigenvalue weighted by molar-refractivity contribution is -0.125. The Morgan fingerprint density at radius 3 is 2.67 bits per heavy atom. The van der Waals surface area contributed by atoms with Crippen molar-refractivity contribution >= 4 is 56.3 Å². The highest BCUT2D eigenvalue weighted by atomic mass is 79.9. The first kappa shape index (κ1) is 13.8. The molecule has 1 fully saturated rings. The quantitative estimate of drug-likeness (QED) is 0.823. The predicted octanol–water partition coefficient (Wildman–Crippen LogP) is 3.50. The number of carbonyl (C=O) groups is 1. The van der Waals surface area contributed by atoms with E-state index in [0.717, 1.165) is 10.9 Å². The second-order valence-electron chi connectivity index (χ2n) is 4.38. The van der Waals surface area contributed by atoms with Crippen molar-refractivity contribution in [1.29, 1.82) is 0 Å². The fourth-order valence-electron chi connectivity index (χ4n) is 1.95. The zero-order chi connectivity index (χ0) is 13.3. The number of rotatable bonds is 3. The molecule has 0 heterocycles. The highest BCUT2D eigenvalue weighted by molar-refractivity contribution is 9.10. The number of anilines is 1. The van der Waals surface area contributed by atoms with Crippen LogP contribution in [0.3, 0.4) is 0 Å². The summed E-state index contributed by atoms with van der Waals surface area (Å²) in [6.45, 7) is 0. The first-order valence-electron chi connectivity index (χ1n) is 5.52. The minimum atomic E-state index is -0.693. The van der Waals surface area contributed by atoms with Crippen molar-refractivity contribution in [1.82, 2.24) is 0 Å². The van der Waals surface area contributed by atoms with Gasteiger partial charge in [0, 0.05) is 4.47 Å². The van der Waals surface area contributed by atoms with Crippen LogP contribution in [0.1, 0.15) is 19.3 Å². The molecule has 1 amide bonds. The van der Waals surface area contributed by atoms with E-state index < -0.39 is 5.41 Å². The summed E-state index contributed by atoms with van der Waals surface area (Å²) in [5.74, 6) is -0.166. The molecular formula is C12H12BrClN2OS. The minimum absolute atomic E-state index is 0.166. The lowest BCUT2D eigenvalue weighted by Crippen LogP contribution is -2.50. The van der Waals surface area contributed by atoms with Crippen LogP contribution in [-0.2, 0) is 4.79 Å². The van der Waals surface area contributed by atoms with Gasteiger partial charge in [0.15, 0.2) is 0 Å². The maximum atomic E-state index is 12.3. The van der Waals surface area contributed by atoms with Crippen molar-refractivity contribution in [3.05, 3.63) is 27.7 Å². The van der Waals surface area contributed by atoms with E-state index >= 15 is 0 Å². The molecular weight excluding hydrogens is 336 g/mol. The van der Waals surface area contributed by atoms with Gasteiger partial charge in [0.05, 0.1) is 21.1 Å². The Morgan fingerprint density at radius 1 is 1.50 bits per heavy atom. The molecule has 0 unspecified atom stereocenters. The fraction of sp³-hybridized carbons (Fsp3) is 0.333. The van der Waals surface area contributed by atoms with Crippen LogP contribution in [0.5, 0.6) is 0 Å². The SMILES string of the molecule is NC(=S)C1(C(=O)Nc2cc(Br)ccc2Cl)CCC1. The molecule has 0 spiro atoms. The number of nitrogens with one attached hydrogen (secondary N) is 1. The van der Waals surface area contributed by atoms with Crippen molar-refractivity contribution in [2.75, 3.05) is 5.32 Å². The molecule has 1 aliphatic rings. The molecule has 0 aromatic heterocycles. The van der Waals surface area contributed by atoms with E-state index in [4.69, 9.17) is 29.6 Å². The molecule has 2 rings (SSSR count). The van der Waals surface area contributed by atoms with Gasteiger partial charge in [-0.05, 0) is 31.0 Å². The molecule has 1 aromatic rings. The molecule has 0 radical (unpaired) electrons. The highest BCUT2D eigenvalue weighted by Gasteiger charge is 2.47. The second kappa shape index (κ2) is 5.15. The summed E-state index contributed by atoms with van der Waals surface area (Å²) in [5, 5.41) is 3.30. The molecule has 1 aromatic carbocycles. The number of nitrogens with two attached hydrogens (primary N) is 1. The van der Waals surface area contributed by atoms with Crippen molar-refractivity contribution < 1.29 is 4.79 Å². The molecule has 0 aliphatic heterocycles. The maximum absolute atomic E-state index is 12.3. The Morgan fingerprint density at radius 2 is 2.17 bits per heavy atom. The van der Waals surface area contributed by atoms with Crippen LogP contribution in [0, 0.1) is 5.41 Å². The van der Waals surface area contributed by atoms with Gasteiger partial charge in [-0.1, -0.05) is 46.2 Å². The fourth-order valence-corrected chi connectivity index (χ4v) is 2.77. The van der Waals surface area contributed by atoms with Gasteiger partial charge in [0.2, 0.25) is 5.91 Å². The largest absolute Gasteiger partial charge is 0.392 e. The zero-order valence-electron chi connectivity index (χ0n) is 9.50. The monoisotopic (exact) mass is 346 g/mol. The molecule has 0 saturated heterocycles. The van der Waals surface area contributed by atoms with Crippen LogP contribution in [0.4, 0.5) is 5.69 Å². The molecule has 0 bridgehead atoms. The Bertz CT molecular complexity index is 517. The summed E-state index contributed by atoms with van der Waals surface area (Å²) in [6.07, 6.45) is 2.39. The van der Waals surface area contributed by atoms with Crippen LogP contribution >= 0.6 is 39.7 Å². The van der Waals surface area contributed by atoms with Crippen LogP contribution < -0.4 is 11.1 Å². The summed E-state index contributed by atoms with van der Waals surface area (Å²) in [6, 6.07) is 5.28. The number of halogens is 2. The number of hydrogen-bond donors (Lipinski definition) is 2. The topological polar surface area (TPSA) is 55.1 Å². The normalized spacial score (nSPS) is 16.8. The zero-order valence-corrected chi connectivity index (χ0v) is 12.7. The Kier molecular flexibility index (Phi) is 3.94. The molecule has 3 nitrogen and oxygen atoms in total. The van der Waals surface area contributed by atoms with Crippen molar-refractivity contribution in [2.45, 2.75) is 19.3 Å². The summed E-state index contributed by atoms with van der Waals surface area (Å²) in [4.78, 5) is 12.5. The number of benzene rings is 1. The molecule has 0 atom stereocenters.